The van der Waals surface area contributed by atoms with E-state index < -0.39 is 0 Å². The van der Waals surface area contributed by atoms with Crippen LogP contribution in [0.5, 0.6) is 0 Å². The van der Waals surface area contributed by atoms with E-state index in [1.54, 1.807) is 0 Å². The molecule has 0 saturated carbocycles. The predicted octanol–water partition coefficient (Wildman–Crippen LogP) is 10.9. The van der Waals surface area contributed by atoms with Gasteiger partial charge in [-0.2, -0.15) is 0 Å². The van der Waals surface area contributed by atoms with Gasteiger partial charge < -0.3 is 0 Å². The molecule has 1 heteroatoms. The highest BCUT2D eigenvalue weighted by Gasteiger charge is 2.37. The highest BCUT2D eigenvalue weighted by atomic mass is 14.7. The van der Waals surface area contributed by atoms with Crippen LogP contribution in [-0.2, 0) is 11.8 Å². The quantitative estimate of drug-likeness (QED) is 0.208. The monoisotopic (exact) mass is 527 g/mol. The molecule has 1 heterocycles. The summed E-state index contributed by atoms with van der Waals surface area (Å²) in [5.74, 6) is 0.617. The van der Waals surface area contributed by atoms with Crippen LogP contribution in [0, 0.1) is 5.92 Å². The van der Waals surface area contributed by atoms with Gasteiger partial charge in [0.05, 0.1) is 11.2 Å². The molecule has 41 heavy (non-hydrogen) atoms. The lowest BCUT2D eigenvalue weighted by Crippen LogP contribution is -2.15. The molecule has 8 rings (SSSR count). The molecule has 0 N–H and O–H groups in total. The van der Waals surface area contributed by atoms with Gasteiger partial charge in [0.2, 0.25) is 0 Å². The van der Waals surface area contributed by atoms with Crippen LogP contribution in [0.2, 0.25) is 0 Å². The van der Waals surface area contributed by atoms with E-state index in [-0.39, 0.29) is 5.41 Å². The van der Waals surface area contributed by atoms with Gasteiger partial charge in [-0.25, -0.2) is 4.98 Å². The first kappa shape index (κ1) is 24.3. The van der Waals surface area contributed by atoms with E-state index in [0.29, 0.717) is 5.92 Å². The van der Waals surface area contributed by atoms with Crippen molar-refractivity contribution in [2.75, 3.05) is 0 Å². The maximum absolute atomic E-state index is 5.16. The SMILES string of the molecule is CC(C)Cc1cccc2nc(-c3ccc4c(c3)-c3ccc5c6ccccc6c6ccccc6c5c3C4(C)C)ccc12. The van der Waals surface area contributed by atoms with Crippen LogP contribution < -0.4 is 0 Å². The number of hydrogen-bond acceptors (Lipinski definition) is 1. The van der Waals surface area contributed by atoms with Gasteiger partial charge in [-0.3, -0.25) is 0 Å². The minimum absolute atomic E-state index is 0.115. The fraction of sp³-hybridized carbons (Fsp3) is 0.175. The second kappa shape index (κ2) is 8.75. The number of rotatable bonds is 3. The van der Waals surface area contributed by atoms with E-state index in [0.717, 1.165) is 17.6 Å². The Balaban J connectivity index is 1.36. The van der Waals surface area contributed by atoms with E-state index in [1.807, 2.05) is 0 Å². The minimum Gasteiger partial charge on any atom is -0.248 e. The molecule has 7 aromatic rings. The van der Waals surface area contributed by atoms with Crippen molar-refractivity contribution in [3.63, 3.8) is 0 Å². The van der Waals surface area contributed by atoms with Crippen molar-refractivity contribution < 1.29 is 0 Å². The first-order valence-electron chi connectivity index (χ1n) is 14.8. The molecule has 1 aliphatic carbocycles. The molecule has 0 spiro atoms. The molecule has 1 nitrogen and oxygen atoms in total. The second-order valence-corrected chi connectivity index (χ2v) is 12.7. The van der Waals surface area contributed by atoms with Crippen LogP contribution in [-0.4, -0.2) is 4.98 Å². The topological polar surface area (TPSA) is 12.9 Å². The van der Waals surface area contributed by atoms with Gasteiger partial charge >= 0.3 is 0 Å². The van der Waals surface area contributed by atoms with Gasteiger partial charge in [-0.05, 0) is 90.7 Å². The highest BCUT2D eigenvalue weighted by molar-refractivity contribution is 6.27. The molecule has 1 aromatic heterocycles. The Hall–Kier alpha value is -4.49. The minimum atomic E-state index is -0.115. The van der Waals surface area contributed by atoms with Crippen molar-refractivity contribution in [1.29, 1.82) is 0 Å². The van der Waals surface area contributed by atoms with Crippen LogP contribution in [0.1, 0.15) is 44.4 Å². The van der Waals surface area contributed by atoms with E-state index in [9.17, 15) is 0 Å². The Morgan fingerprint density at radius 1 is 0.610 bits per heavy atom. The molecule has 1 aliphatic rings. The number of nitrogens with zero attached hydrogens (tertiary/aromatic N) is 1. The number of fused-ring (bicyclic) bond motifs is 11. The fourth-order valence-corrected chi connectivity index (χ4v) is 7.47. The van der Waals surface area contributed by atoms with Crippen molar-refractivity contribution >= 4 is 43.2 Å². The summed E-state index contributed by atoms with van der Waals surface area (Å²) in [6, 6.07) is 40.5. The van der Waals surface area contributed by atoms with Crippen LogP contribution in [0.25, 0.3) is 65.6 Å². The van der Waals surface area contributed by atoms with E-state index in [1.165, 1.54) is 71.1 Å². The molecule has 0 amide bonds. The average Bonchev–Trinajstić information content (AvgIpc) is 3.22. The van der Waals surface area contributed by atoms with Crippen molar-refractivity contribution in [3.8, 4) is 22.4 Å². The Labute approximate surface area is 241 Å². The summed E-state index contributed by atoms with van der Waals surface area (Å²) in [7, 11) is 0. The third kappa shape index (κ3) is 3.51. The van der Waals surface area contributed by atoms with Gasteiger partial charge in [-0.15, -0.1) is 0 Å². The van der Waals surface area contributed by atoms with Crippen molar-refractivity contribution in [2.45, 2.75) is 39.5 Å². The third-order valence-corrected chi connectivity index (χ3v) is 9.26. The van der Waals surface area contributed by atoms with E-state index >= 15 is 0 Å². The maximum atomic E-state index is 5.16. The molecule has 0 aliphatic heterocycles. The van der Waals surface area contributed by atoms with Crippen molar-refractivity contribution in [3.05, 3.63) is 126 Å². The van der Waals surface area contributed by atoms with Gasteiger partial charge in [0.25, 0.3) is 0 Å². The Morgan fingerprint density at radius 2 is 1.27 bits per heavy atom. The molecule has 0 fully saturated rings. The molecule has 0 saturated heterocycles. The molecule has 0 atom stereocenters. The molecule has 0 unspecified atom stereocenters. The van der Waals surface area contributed by atoms with E-state index in [4.69, 9.17) is 4.98 Å². The molecule has 0 radical (unpaired) electrons. The summed E-state index contributed by atoms with van der Waals surface area (Å²) in [6.07, 6.45) is 1.07. The maximum Gasteiger partial charge on any atom is 0.0712 e. The Bertz CT molecular complexity index is 2150. The standard InChI is InChI=1S/C40H33N/c1-24(2)22-25-10-9-15-37-27(25)19-21-36(41-37)26-16-20-35-34(23-26)33-18-17-32-30-13-6-5-11-28(30)29-12-7-8-14-31(29)38(32)39(33)40(35,3)4/h5-21,23-24H,22H2,1-4H3. The van der Waals surface area contributed by atoms with Crippen molar-refractivity contribution in [2.24, 2.45) is 5.92 Å². The summed E-state index contributed by atoms with van der Waals surface area (Å²) in [5, 5.41) is 9.32. The first-order valence-corrected chi connectivity index (χ1v) is 14.8. The zero-order valence-corrected chi connectivity index (χ0v) is 24.1. The van der Waals surface area contributed by atoms with Crippen LogP contribution in [0.3, 0.4) is 0 Å². The smallest absolute Gasteiger partial charge is 0.0712 e. The van der Waals surface area contributed by atoms with E-state index in [2.05, 4.69) is 137 Å². The number of benzene rings is 6. The Morgan fingerprint density at radius 3 is 2.00 bits per heavy atom. The lowest BCUT2D eigenvalue weighted by molar-refractivity contribution is 0.650. The lowest BCUT2D eigenvalue weighted by atomic mass is 9.78. The van der Waals surface area contributed by atoms with Crippen molar-refractivity contribution in [1.82, 2.24) is 4.98 Å². The number of pyridine rings is 1. The van der Waals surface area contributed by atoms with Gasteiger partial charge in [-0.1, -0.05) is 119 Å². The van der Waals surface area contributed by atoms with Crippen LogP contribution >= 0.6 is 0 Å². The zero-order valence-electron chi connectivity index (χ0n) is 24.1. The zero-order chi connectivity index (χ0) is 27.9. The van der Waals surface area contributed by atoms with Gasteiger partial charge in [0.15, 0.2) is 0 Å². The summed E-state index contributed by atoms with van der Waals surface area (Å²) in [4.78, 5) is 5.16. The van der Waals surface area contributed by atoms with Crippen LogP contribution in [0.15, 0.2) is 109 Å². The molecule has 6 aromatic carbocycles. The summed E-state index contributed by atoms with van der Waals surface area (Å²) < 4.78 is 0. The van der Waals surface area contributed by atoms with Gasteiger partial charge in [0.1, 0.15) is 0 Å². The lowest BCUT2D eigenvalue weighted by Gasteiger charge is -2.24. The third-order valence-electron chi connectivity index (χ3n) is 9.26. The number of aromatic nitrogens is 1. The molecule has 198 valence electrons. The number of hydrogen-bond donors (Lipinski definition) is 0. The molecule has 0 bridgehead atoms. The average molecular weight is 528 g/mol. The normalized spacial score (nSPS) is 13.9. The largest absolute Gasteiger partial charge is 0.248 e. The van der Waals surface area contributed by atoms with Crippen LogP contribution in [0.4, 0.5) is 0 Å². The second-order valence-electron chi connectivity index (χ2n) is 12.7. The summed E-state index contributed by atoms with van der Waals surface area (Å²) in [6.45, 7) is 9.34. The van der Waals surface area contributed by atoms with Gasteiger partial charge in [0, 0.05) is 16.4 Å². The summed E-state index contributed by atoms with van der Waals surface area (Å²) >= 11 is 0. The molecular formula is C40H33N. The summed E-state index contributed by atoms with van der Waals surface area (Å²) in [5.41, 5.74) is 10.1. The Kier molecular flexibility index (Phi) is 5.19. The fourth-order valence-electron chi connectivity index (χ4n) is 7.47. The molecular weight excluding hydrogens is 494 g/mol. The first-order chi connectivity index (χ1) is 19.9. The highest BCUT2D eigenvalue weighted by Crippen LogP contribution is 2.54. The predicted molar refractivity (Wildman–Crippen MR) is 176 cm³/mol.